The van der Waals surface area contributed by atoms with E-state index in [2.05, 4.69) is 10.3 Å². The topological polar surface area (TPSA) is 79.4 Å². The number of hydrogen-bond acceptors (Lipinski definition) is 4. The molecule has 0 spiro atoms. The first-order chi connectivity index (χ1) is 11.2. The summed E-state index contributed by atoms with van der Waals surface area (Å²) in [6.45, 7) is 1.34. The van der Waals surface area contributed by atoms with E-state index < -0.39 is 33.6 Å². The Labute approximate surface area is 138 Å². The van der Waals surface area contributed by atoms with E-state index in [9.17, 15) is 22.0 Å². The first-order valence-electron chi connectivity index (χ1n) is 6.85. The van der Waals surface area contributed by atoms with Crippen molar-refractivity contribution in [2.24, 2.45) is 0 Å². The minimum Gasteiger partial charge on any atom is -0.323 e. The molecule has 0 aliphatic carbocycles. The van der Waals surface area contributed by atoms with E-state index in [1.807, 2.05) is 0 Å². The summed E-state index contributed by atoms with van der Waals surface area (Å²) < 4.78 is 51.3. The lowest BCUT2D eigenvalue weighted by molar-refractivity contribution is -0.116. The largest absolute Gasteiger partial charge is 0.323 e. The van der Waals surface area contributed by atoms with Crippen molar-refractivity contribution >= 4 is 27.3 Å². The van der Waals surface area contributed by atoms with Crippen molar-refractivity contribution in [2.45, 2.75) is 13.0 Å². The highest BCUT2D eigenvalue weighted by Crippen LogP contribution is 2.23. The zero-order chi connectivity index (χ0) is 17.9. The van der Waals surface area contributed by atoms with Gasteiger partial charge in [-0.25, -0.2) is 17.2 Å². The second-order valence-corrected chi connectivity index (χ2v) is 6.92. The van der Waals surface area contributed by atoms with Crippen LogP contribution >= 0.6 is 0 Å². The molecule has 2 rings (SSSR count). The molecular formula is C15H15F2N3O3S. The predicted molar refractivity (Wildman–Crippen MR) is 86.0 cm³/mol. The third-order valence-corrected chi connectivity index (χ3v) is 4.42. The van der Waals surface area contributed by atoms with Gasteiger partial charge in [-0.3, -0.25) is 14.1 Å². The van der Waals surface area contributed by atoms with Crippen molar-refractivity contribution < 1.29 is 22.0 Å². The molecule has 1 atom stereocenters. The summed E-state index contributed by atoms with van der Waals surface area (Å²) in [7, 11) is -3.92. The second kappa shape index (κ2) is 6.91. The molecule has 128 valence electrons. The number of hydrogen-bond donors (Lipinski definition) is 1. The average molecular weight is 355 g/mol. The van der Waals surface area contributed by atoms with Gasteiger partial charge in [-0.15, -0.1) is 0 Å². The minimum atomic E-state index is -3.92. The fourth-order valence-electron chi connectivity index (χ4n) is 2.11. The number of sulfonamides is 1. The van der Waals surface area contributed by atoms with Gasteiger partial charge in [0.1, 0.15) is 6.04 Å². The summed E-state index contributed by atoms with van der Waals surface area (Å²) in [6.07, 6.45) is 3.79. The molecule has 0 saturated heterocycles. The van der Waals surface area contributed by atoms with Crippen LogP contribution in [0.5, 0.6) is 0 Å². The van der Waals surface area contributed by atoms with Gasteiger partial charge in [0, 0.05) is 12.3 Å². The molecule has 24 heavy (non-hydrogen) atoms. The summed E-state index contributed by atoms with van der Waals surface area (Å²) in [4.78, 5) is 16.1. The zero-order valence-corrected chi connectivity index (χ0v) is 13.7. The Morgan fingerprint density at radius 2 is 1.96 bits per heavy atom. The molecule has 1 aromatic carbocycles. The van der Waals surface area contributed by atoms with Crippen LogP contribution < -0.4 is 9.62 Å². The van der Waals surface area contributed by atoms with Crippen LogP contribution in [0.2, 0.25) is 0 Å². The van der Waals surface area contributed by atoms with E-state index in [0.717, 1.165) is 28.8 Å². The molecule has 6 nitrogen and oxygen atoms in total. The normalized spacial score (nSPS) is 12.5. The maximum absolute atomic E-state index is 13.4. The summed E-state index contributed by atoms with van der Waals surface area (Å²) in [5.41, 5.74) is 0.235. The van der Waals surface area contributed by atoms with E-state index in [-0.39, 0.29) is 5.69 Å². The summed E-state index contributed by atoms with van der Waals surface area (Å²) in [6, 6.07) is 4.61. The van der Waals surface area contributed by atoms with Crippen molar-refractivity contribution in [3.63, 3.8) is 0 Å². The quantitative estimate of drug-likeness (QED) is 0.891. The lowest BCUT2D eigenvalue weighted by atomic mass is 10.2. The Kier molecular flexibility index (Phi) is 5.13. The van der Waals surface area contributed by atoms with Crippen LogP contribution in [0.25, 0.3) is 0 Å². The minimum absolute atomic E-state index is 0.148. The smallest absolute Gasteiger partial charge is 0.248 e. The van der Waals surface area contributed by atoms with Gasteiger partial charge < -0.3 is 5.32 Å². The SMILES string of the molecule is C[C@H](C(=O)Nc1cccnc1)N(c1ccc(F)c(F)c1)S(C)(=O)=O. The number of aromatic nitrogens is 1. The van der Waals surface area contributed by atoms with Crippen molar-refractivity contribution in [2.75, 3.05) is 15.9 Å². The lowest BCUT2D eigenvalue weighted by Crippen LogP contribution is -2.45. The highest BCUT2D eigenvalue weighted by atomic mass is 32.2. The summed E-state index contributed by atoms with van der Waals surface area (Å²) >= 11 is 0. The number of rotatable bonds is 5. The number of nitrogens with zero attached hydrogens (tertiary/aromatic N) is 2. The molecular weight excluding hydrogens is 340 g/mol. The fraction of sp³-hybridized carbons (Fsp3) is 0.200. The highest BCUT2D eigenvalue weighted by molar-refractivity contribution is 7.92. The molecule has 0 bridgehead atoms. The number of benzene rings is 1. The van der Waals surface area contributed by atoms with Crippen molar-refractivity contribution in [1.82, 2.24) is 4.98 Å². The van der Waals surface area contributed by atoms with Crippen LogP contribution in [0.3, 0.4) is 0 Å². The zero-order valence-electron chi connectivity index (χ0n) is 12.9. The Balaban J connectivity index is 2.34. The molecule has 0 saturated carbocycles. The first kappa shape index (κ1) is 17.8. The molecule has 0 aliphatic rings. The van der Waals surface area contributed by atoms with Gasteiger partial charge in [-0.2, -0.15) is 0 Å². The van der Waals surface area contributed by atoms with E-state index in [1.165, 1.54) is 19.3 Å². The Hall–Kier alpha value is -2.55. The second-order valence-electron chi connectivity index (χ2n) is 5.06. The van der Waals surface area contributed by atoms with Gasteiger partial charge in [-0.1, -0.05) is 0 Å². The molecule has 1 heterocycles. The van der Waals surface area contributed by atoms with Crippen LogP contribution in [-0.2, 0) is 14.8 Å². The maximum Gasteiger partial charge on any atom is 0.248 e. The standard InChI is InChI=1S/C15H15F2N3O3S/c1-10(15(21)19-11-4-3-7-18-9-11)20(24(2,22)23)12-5-6-13(16)14(17)8-12/h3-10H,1-2H3,(H,19,21)/t10-/m1/s1. The molecule has 0 fully saturated rings. The molecule has 2 aromatic rings. The average Bonchev–Trinajstić information content (AvgIpc) is 2.50. The number of carbonyl (C=O) groups is 1. The number of carbonyl (C=O) groups excluding carboxylic acids is 1. The predicted octanol–water partition coefficient (Wildman–Crippen LogP) is 2.15. The monoisotopic (exact) mass is 355 g/mol. The number of nitrogens with one attached hydrogen (secondary N) is 1. The maximum atomic E-state index is 13.4. The molecule has 0 radical (unpaired) electrons. The van der Waals surface area contributed by atoms with E-state index >= 15 is 0 Å². The fourth-order valence-corrected chi connectivity index (χ4v) is 3.28. The number of amides is 1. The summed E-state index contributed by atoms with van der Waals surface area (Å²) in [5, 5.41) is 2.51. The number of halogens is 2. The van der Waals surface area contributed by atoms with Crippen LogP contribution in [0.1, 0.15) is 6.92 Å². The van der Waals surface area contributed by atoms with Gasteiger partial charge in [0.15, 0.2) is 11.6 Å². The number of anilines is 2. The first-order valence-corrected chi connectivity index (χ1v) is 8.70. The molecule has 1 amide bonds. The number of pyridine rings is 1. The van der Waals surface area contributed by atoms with Crippen molar-refractivity contribution in [3.05, 3.63) is 54.4 Å². The highest BCUT2D eigenvalue weighted by Gasteiger charge is 2.29. The Morgan fingerprint density at radius 3 is 2.50 bits per heavy atom. The molecule has 1 N–H and O–H groups in total. The van der Waals surface area contributed by atoms with E-state index in [4.69, 9.17) is 0 Å². The van der Waals surface area contributed by atoms with Crippen molar-refractivity contribution in [3.8, 4) is 0 Å². The molecule has 9 heteroatoms. The Morgan fingerprint density at radius 1 is 1.25 bits per heavy atom. The van der Waals surface area contributed by atoms with Crippen LogP contribution in [-0.4, -0.2) is 31.6 Å². The van der Waals surface area contributed by atoms with E-state index in [0.29, 0.717) is 5.69 Å². The molecule has 1 aromatic heterocycles. The van der Waals surface area contributed by atoms with Gasteiger partial charge in [0.25, 0.3) is 0 Å². The van der Waals surface area contributed by atoms with Gasteiger partial charge >= 0.3 is 0 Å². The van der Waals surface area contributed by atoms with Gasteiger partial charge in [0.05, 0.1) is 23.8 Å². The Bertz CT molecular complexity index is 844. The van der Waals surface area contributed by atoms with Crippen LogP contribution in [0.4, 0.5) is 20.2 Å². The van der Waals surface area contributed by atoms with Gasteiger partial charge in [-0.05, 0) is 31.2 Å². The van der Waals surface area contributed by atoms with Crippen LogP contribution in [0, 0.1) is 11.6 Å². The van der Waals surface area contributed by atoms with Gasteiger partial charge in [0.2, 0.25) is 15.9 Å². The van der Waals surface area contributed by atoms with E-state index in [1.54, 1.807) is 12.1 Å². The third kappa shape index (κ3) is 4.05. The third-order valence-electron chi connectivity index (χ3n) is 3.18. The summed E-state index contributed by atoms with van der Waals surface area (Å²) in [5.74, 6) is -2.96. The lowest BCUT2D eigenvalue weighted by Gasteiger charge is -2.28. The molecule has 0 unspecified atom stereocenters. The van der Waals surface area contributed by atoms with Crippen molar-refractivity contribution in [1.29, 1.82) is 0 Å². The molecule has 0 aliphatic heterocycles. The van der Waals surface area contributed by atoms with Crippen LogP contribution in [0.15, 0.2) is 42.7 Å².